The van der Waals surface area contributed by atoms with Crippen molar-refractivity contribution < 1.29 is 4.48 Å². The van der Waals surface area contributed by atoms with Gasteiger partial charge in [-0.3, -0.25) is 0 Å². The third kappa shape index (κ3) is 1.39. The summed E-state index contributed by atoms with van der Waals surface area (Å²) in [6.45, 7) is 7.28. The lowest BCUT2D eigenvalue weighted by Crippen LogP contribution is -2.57. The number of hydrogen-bond donors (Lipinski definition) is 0. The van der Waals surface area contributed by atoms with Crippen molar-refractivity contribution in [2.75, 3.05) is 6.54 Å². The monoisotopic (exact) mass is 188 g/mol. The van der Waals surface area contributed by atoms with Gasteiger partial charge in [0.1, 0.15) is 6.34 Å². The second-order valence-corrected chi connectivity index (χ2v) is 3.64. The van der Waals surface area contributed by atoms with E-state index >= 15 is 0 Å². The summed E-state index contributed by atoms with van der Waals surface area (Å²) in [5.74, 6) is 0. The average molecular weight is 189 g/mol. The SMILES string of the molecule is CC[N+]1(C(C)C)C=NC=NC1Cl. The molecular formula is C8H15ClN3+. The molecule has 0 fully saturated rings. The van der Waals surface area contributed by atoms with Crippen LogP contribution in [0.5, 0.6) is 0 Å². The van der Waals surface area contributed by atoms with E-state index in [4.69, 9.17) is 11.6 Å². The third-order valence-corrected chi connectivity index (χ3v) is 2.92. The molecule has 1 aliphatic rings. The fourth-order valence-corrected chi connectivity index (χ4v) is 1.87. The molecule has 0 aromatic heterocycles. The fourth-order valence-electron chi connectivity index (χ4n) is 1.40. The van der Waals surface area contributed by atoms with Gasteiger partial charge in [0.05, 0.1) is 12.6 Å². The third-order valence-electron chi connectivity index (χ3n) is 2.44. The lowest BCUT2D eigenvalue weighted by atomic mass is 10.2. The van der Waals surface area contributed by atoms with E-state index in [1.54, 1.807) is 0 Å². The summed E-state index contributed by atoms with van der Waals surface area (Å²) < 4.78 is 0.637. The van der Waals surface area contributed by atoms with Crippen molar-refractivity contribution in [3.8, 4) is 0 Å². The van der Waals surface area contributed by atoms with E-state index in [0.717, 1.165) is 6.54 Å². The molecule has 12 heavy (non-hydrogen) atoms. The molecule has 0 saturated heterocycles. The zero-order chi connectivity index (χ0) is 9.19. The Balaban J connectivity index is 2.92. The van der Waals surface area contributed by atoms with Crippen molar-refractivity contribution in [2.24, 2.45) is 9.98 Å². The molecule has 68 valence electrons. The number of rotatable bonds is 2. The largest absolute Gasteiger partial charge is 0.267 e. The highest BCUT2D eigenvalue weighted by molar-refractivity contribution is 6.20. The highest BCUT2D eigenvalue weighted by atomic mass is 35.5. The lowest BCUT2D eigenvalue weighted by molar-refractivity contribution is -0.867. The van der Waals surface area contributed by atoms with Crippen molar-refractivity contribution in [3.05, 3.63) is 0 Å². The van der Waals surface area contributed by atoms with Crippen LogP contribution in [0.15, 0.2) is 9.98 Å². The second kappa shape index (κ2) is 3.54. The summed E-state index contributed by atoms with van der Waals surface area (Å²) in [4.78, 5) is 8.13. The van der Waals surface area contributed by atoms with E-state index in [-0.39, 0.29) is 5.62 Å². The van der Waals surface area contributed by atoms with Crippen LogP contribution in [0.1, 0.15) is 20.8 Å². The molecule has 1 rings (SSSR count). The topological polar surface area (TPSA) is 24.7 Å². The van der Waals surface area contributed by atoms with Crippen molar-refractivity contribution in [1.29, 1.82) is 0 Å². The van der Waals surface area contributed by atoms with E-state index < -0.39 is 0 Å². The predicted octanol–water partition coefficient (Wildman–Crippen LogP) is 1.82. The zero-order valence-corrected chi connectivity index (χ0v) is 8.49. The normalized spacial score (nSPS) is 34.6. The quantitative estimate of drug-likeness (QED) is 0.359. The molecule has 0 radical (unpaired) electrons. The van der Waals surface area contributed by atoms with Gasteiger partial charge in [0.15, 0.2) is 6.34 Å². The molecule has 2 atom stereocenters. The summed E-state index contributed by atoms with van der Waals surface area (Å²) in [7, 11) is 0. The zero-order valence-electron chi connectivity index (χ0n) is 7.74. The first-order valence-corrected chi connectivity index (χ1v) is 4.64. The minimum Gasteiger partial charge on any atom is -0.245 e. The van der Waals surface area contributed by atoms with Gasteiger partial charge in [0.2, 0.25) is 0 Å². The summed E-state index contributed by atoms with van der Waals surface area (Å²) >= 11 is 6.12. The number of nitrogens with zero attached hydrogens (tertiary/aromatic N) is 3. The molecule has 0 saturated carbocycles. The molecule has 3 nitrogen and oxygen atoms in total. The van der Waals surface area contributed by atoms with Crippen LogP contribution >= 0.6 is 11.6 Å². The maximum atomic E-state index is 6.12. The van der Waals surface area contributed by atoms with Gasteiger partial charge >= 0.3 is 0 Å². The van der Waals surface area contributed by atoms with Crippen molar-refractivity contribution in [3.63, 3.8) is 0 Å². The summed E-state index contributed by atoms with van der Waals surface area (Å²) in [5, 5.41) is 0. The van der Waals surface area contributed by atoms with Gasteiger partial charge in [-0.15, -0.1) is 0 Å². The Labute approximate surface area is 78.4 Å². The first-order valence-electron chi connectivity index (χ1n) is 4.20. The van der Waals surface area contributed by atoms with Gasteiger partial charge in [0.25, 0.3) is 5.62 Å². The van der Waals surface area contributed by atoms with Gasteiger partial charge in [-0.2, -0.15) is 9.98 Å². The number of halogens is 1. The highest BCUT2D eigenvalue weighted by Crippen LogP contribution is 2.22. The van der Waals surface area contributed by atoms with E-state index in [0.29, 0.717) is 10.5 Å². The van der Waals surface area contributed by atoms with E-state index in [9.17, 15) is 0 Å². The molecule has 1 heterocycles. The van der Waals surface area contributed by atoms with Crippen LogP contribution < -0.4 is 0 Å². The number of hydrogen-bond acceptors (Lipinski definition) is 2. The first-order chi connectivity index (χ1) is 5.63. The van der Waals surface area contributed by atoms with Crippen molar-refractivity contribution in [1.82, 2.24) is 0 Å². The van der Waals surface area contributed by atoms with Crippen LogP contribution in [0.2, 0.25) is 0 Å². The minimum absolute atomic E-state index is 0.215. The second-order valence-electron chi connectivity index (χ2n) is 3.24. The standard InChI is InChI=1S/C8H15ClN3/c1-4-12(7(2)3)6-10-5-11-8(12)9/h5-8H,4H2,1-3H3/q+1. The molecule has 0 N–H and O–H groups in total. The highest BCUT2D eigenvalue weighted by Gasteiger charge is 2.37. The Morgan fingerprint density at radius 1 is 1.58 bits per heavy atom. The predicted molar refractivity (Wildman–Crippen MR) is 52.6 cm³/mol. The van der Waals surface area contributed by atoms with Crippen LogP contribution in [0, 0.1) is 0 Å². The summed E-state index contributed by atoms with van der Waals surface area (Å²) in [5.41, 5.74) is -0.215. The Morgan fingerprint density at radius 3 is 2.58 bits per heavy atom. The van der Waals surface area contributed by atoms with E-state index in [1.807, 2.05) is 6.34 Å². The Morgan fingerprint density at radius 2 is 2.25 bits per heavy atom. The fraction of sp³-hybridized carbons (Fsp3) is 0.750. The molecule has 0 aromatic carbocycles. The lowest BCUT2D eigenvalue weighted by Gasteiger charge is -2.39. The summed E-state index contributed by atoms with van der Waals surface area (Å²) in [6.07, 6.45) is 3.40. The summed E-state index contributed by atoms with van der Waals surface area (Å²) in [6, 6.07) is 0.415. The smallest absolute Gasteiger partial charge is 0.245 e. The molecule has 0 aromatic rings. The van der Waals surface area contributed by atoms with Crippen molar-refractivity contribution >= 4 is 24.3 Å². The van der Waals surface area contributed by atoms with Gasteiger partial charge in [-0.25, -0.2) is 4.48 Å². The molecule has 0 aliphatic carbocycles. The average Bonchev–Trinajstić information content (AvgIpc) is 2.05. The Kier molecular flexibility index (Phi) is 2.85. The van der Waals surface area contributed by atoms with Crippen LogP contribution in [0.4, 0.5) is 0 Å². The van der Waals surface area contributed by atoms with Gasteiger partial charge < -0.3 is 0 Å². The molecule has 0 bridgehead atoms. The van der Waals surface area contributed by atoms with Crippen LogP contribution in [-0.4, -0.2) is 35.4 Å². The maximum Gasteiger partial charge on any atom is 0.267 e. The number of aliphatic imine (C=N–C) groups is 2. The molecule has 1 aliphatic heterocycles. The van der Waals surface area contributed by atoms with E-state index in [2.05, 4.69) is 30.8 Å². The molecule has 2 unspecified atom stereocenters. The van der Waals surface area contributed by atoms with Gasteiger partial charge in [-0.05, 0) is 32.4 Å². The molecule has 0 spiro atoms. The van der Waals surface area contributed by atoms with Crippen LogP contribution in [0.3, 0.4) is 0 Å². The number of quaternary nitrogens is 1. The molecular weight excluding hydrogens is 174 g/mol. The van der Waals surface area contributed by atoms with Gasteiger partial charge in [-0.1, -0.05) is 0 Å². The Bertz CT molecular complexity index is 212. The minimum atomic E-state index is -0.215. The molecule has 4 heteroatoms. The maximum absolute atomic E-state index is 6.12. The van der Waals surface area contributed by atoms with E-state index in [1.165, 1.54) is 6.34 Å². The van der Waals surface area contributed by atoms with Crippen LogP contribution in [0.25, 0.3) is 0 Å². The molecule has 0 amide bonds. The van der Waals surface area contributed by atoms with Crippen molar-refractivity contribution in [2.45, 2.75) is 32.4 Å². The Hall–Kier alpha value is -0.410. The van der Waals surface area contributed by atoms with Crippen LogP contribution in [-0.2, 0) is 0 Å². The van der Waals surface area contributed by atoms with Gasteiger partial charge in [0, 0.05) is 0 Å². The number of alkyl halides is 1. The first kappa shape index (κ1) is 9.68.